The molecular formula is C14H27N3S. The molecule has 0 saturated carbocycles. The first-order valence-corrected chi connectivity index (χ1v) is 7.96. The SMILES string of the molecule is CC(C)C(CCN)CCCNCCc1cscn1. The van der Waals surface area contributed by atoms with Gasteiger partial charge in [-0.1, -0.05) is 13.8 Å². The minimum Gasteiger partial charge on any atom is -0.330 e. The van der Waals surface area contributed by atoms with E-state index in [2.05, 4.69) is 29.5 Å². The van der Waals surface area contributed by atoms with Crippen molar-refractivity contribution in [3.8, 4) is 0 Å². The van der Waals surface area contributed by atoms with E-state index in [1.165, 1.54) is 18.5 Å². The summed E-state index contributed by atoms with van der Waals surface area (Å²) in [7, 11) is 0. The van der Waals surface area contributed by atoms with Gasteiger partial charge in [0.05, 0.1) is 11.2 Å². The van der Waals surface area contributed by atoms with Crippen LogP contribution in [0.4, 0.5) is 0 Å². The molecule has 3 nitrogen and oxygen atoms in total. The van der Waals surface area contributed by atoms with Gasteiger partial charge in [-0.3, -0.25) is 0 Å². The Morgan fingerprint density at radius 1 is 1.33 bits per heavy atom. The Balaban J connectivity index is 2.00. The zero-order chi connectivity index (χ0) is 13.2. The second kappa shape index (κ2) is 9.48. The normalized spacial score (nSPS) is 13.1. The second-order valence-electron chi connectivity index (χ2n) is 5.20. The summed E-state index contributed by atoms with van der Waals surface area (Å²) in [6.45, 7) is 7.57. The molecule has 3 N–H and O–H groups in total. The lowest BCUT2D eigenvalue weighted by atomic mass is 9.88. The number of nitrogens with one attached hydrogen (secondary N) is 1. The zero-order valence-corrected chi connectivity index (χ0v) is 12.5. The van der Waals surface area contributed by atoms with Gasteiger partial charge in [-0.2, -0.15) is 0 Å². The standard InChI is InChI=1S/C14H27N3S/c1-12(2)13(5-7-15)4-3-8-16-9-6-14-10-18-11-17-14/h10-13,16H,3-9,15H2,1-2H3. The average molecular weight is 269 g/mol. The van der Waals surface area contributed by atoms with Crippen LogP contribution in [0.25, 0.3) is 0 Å². The third kappa shape index (κ3) is 6.47. The molecule has 104 valence electrons. The molecule has 1 rings (SSSR count). The highest BCUT2D eigenvalue weighted by Crippen LogP contribution is 2.19. The van der Waals surface area contributed by atoms with Gasteiger partial charge in [0.1, 0.15) is 0 Å². The maximum absolute atomic E-state index is 5.65. The lowest BCUT2D eigenvalue weighted by Crippen LogP contribution is -2.21. The van der Waals surface area contributed by atoms with Crippen LogP contribution in [0, 0.1) is 11.8 Å². The van der Waals surface area contributed by atoms with E-state index < -0.39 is 0 Å². The van der Waals surface area contributed by atoms with Crippen LogP contribution >= 0.6 is 11.3 Å². The first-order chi connectivity index (χ1) is 8.74. The molecule has 1 atom stereocenters. The molecule has 0 saturated heterocycles. The van der Waals surface area contributed by atoms with E-state index in [1.807, 2.05) is 5.51 Å². The van der Waals surface area contributed by atoms with Crippen molar-refractivity contribution in [2.75, 3.05) is 19.6 Å². The van der Waals surface area contributed by atoms with Crippen molar-refractivity contribution in [3.63, 3.8) is 0 Å². The van der Waals surface area contributed by atoms with Gasteiger partial charge < -0.3 is 11.1 Å². The van der Waals surface area contributed by atoms with Gasteiger partial charge in [-0.25, -0.2) is 4.98 Å². The van der Waals surface area contributed by atoms with E-state index in [-0.39, 0.29) is 0 Å². The first-order valence-electron chi connectivity index (χ1n) is 7.02. The first kappa shape index (κ1) is 15.6. The van der Waals surface area contributed by atoms with Crippen molar-refractivity contribution in [2.45, 2.75) is 39.5 Å². The largest absolute Gasteiger partial charge is 0.330 e. The number of aromatic nitrogens is 1. The van der Waals surface area contributed by atoms with Crippen LogP contribution in [0.3, 0.4) is 0 Å². The third-order valence-electron chi connectivity index (χ3n) is 3.45. The smallest absolute Gasteiger partial charge is 0.0794 e. The molecule has 1 heterocycles. The summed E-state index contributed by atoms with van der Waals surface area (Å²) in [6, 6.07) is 0. The zero-order valence-electron chi connectivity index (χ0n) is 11.7. The lowest BCUT2D eigenvalue weighted by molar-refractivity contribution is 0.331. The summed E-state index contributed by atoms with van der Waals surface area (Å²) in [6.07, 6.45) is 4.74. The fourth-order valence-electron chi connectivity index (χ4n) is 2.22. The van der Waals surface area contributed by atoms with Crippen LogP contribution in [0.1, 0.15) is 38.8 Å². The molecule has 0 amide bonds. The molecular weight excluding hydrogens is 242 g/mol. The van der Waals surface area contributed by atoms with Gasteiger partial charge in [0, 0.05) is 18.3 Å². The Hall–Kier alpha value is -0.450. The number of hydrogen-bond donors (Lipinski definition) is 2. The van der Waals surface area contributed by atoms with Crippen molar-refractivity contribution in [1.82, 2.24) is 10.3 Å². The van der Waals surface area contributed by atoms with Crippen LogP contribution in [0.2, 0.25) is 0 Å². The van der Waals surface area contributed by atoms with E-state index in [0.29, 0.717) is 0 Å². The predicted molar refractivity (Wildman–Crippen MR) is 79.9 cm³/mol. The van der Waals surface area contributed by atoms with E-state index in [9.17, 15) is 0 Å². The third-order valence-corrected chi connectivity index (χ3v) is 4.09. The number of thiazole rings is 1. The lowest BCUT2D eigenvalue weighted by Gasteiger charge is -2.19. The average Bonchev–Trinajstić information content (AvgIpc) is 2.84. The maximum Gasteiger partial charge on any atom is 0.0794 e. The minimum atomic E-state index is 0.753. The van der Waals surface area contributed by atoms with Gasteiger partial charge >= 0.3 is 0 Å². The summed E-state index contributed by atoms with van der Waals surface area (Å²) < 4.78 is 0. The number of hydrogen-bond acceptors (Lipinski definition) is 4. The highest BCUT2D eigenvalue weighted by Gasteiger charge is 2.11. The monoisotopic (exact) mass is 269 g/mol. The van der Waals surface area contributed by atoms with Crippen molar-refractivity contribution in [1.29, 1.82) is 0 Å². The molecule has 0 bridgehead atoms. The summed E-state index contributed by atoms with van der Waals surface area (Å²) in [5.41, 5.74) is 8.75. The molecule has 0 aliphatic heterocycles. The quantitative estimate of drug-likeness (QED) is 0.642. The van der Waals surface area contributed by atoms with Gasteiger partial charge in [0.2, 0.25) is 0 Å². The number of nitrogens with zero attached hydrogens (tertiary/aromatic N) is 1. The fraction of sp³-hybridized carbons (Fsp3) is 0.786. The van der Waals surface area contributed by atoms with E-state index in [4.69, 9.17) is 5.73 Å². The Bertz CT molecular complexity index is 285. The van der Waals surface area contributed by atoms with Crippen molar-refractivity contribution >= 4 is 11.3 Å². The molecule has 0 aromatic carbocycles. The Morgan fingerprint density at radius 3 is 2.78 bits per heavy atom. The Kier molecular flexibility index (Phi) is 8.22. The molecule has 0 fully saturated rings. The van der Waals surface area contributed by atoms with Crippen molar-refractivity contribution in [2.24, 2.45) is 17.6 Å². The van der Waals surface area contributed by atoms with Crippen LogP contribution in [-0.4, -0.2) is 24.6 Å². The Labute approximate surface area is 115 Å². The predicted octanol–water partition coefficient (Wildman–Crippen LogP) is 2.68. The van der Waals surface area contributed by atoms with E-state index >= 15 is 0 Å². The highest BCUT2D eigenvalue weighted by molar-refractivity contribution is 7.07. The molecule has 0 radical (unpaired) electrons. The summed E-state index contributed by atoms with van der Waals surface area (Å²) in [4.78, 5) is 4.27. The second-order valence-corrected chi connectivity index (χ2v) is 5.92. The van der Waals surface area contributed by atoms with Gasteiger partial charge in [-0.05, 0) is 44.2 Å². The molecule has 0 aliphatic carbocycles. The maximum atomic E-state index is 5.65. The van der Waals surface area contributed by atoms with Crippen molar-refractivity contribution < 1.29 is 0 Å². The molecule has 0 spiro atoms. The molecule has 0 aliphatic rings. The van der Waals surface area contributed by atoms with Crippen molar-refractivity contribution in [3.05, 3.63) is 16.6 Å². The number of nitrogens with two attached hydrogens (primary N) is 1. The summed E-state index contributed by atoms with van der Waals surface area (Å²) >= 11 is 1.67. The Morgan fingerprint density at radius 2 is 2.17 bits per heavy atom. The van der Waals surface area contributed by atoms with Crippen LogP contribution < -0.4 is 11.1 Å². The molecule has 18 heavy (non-hydrogen) atoms. The molecule has 1 unspecified atom stereocenters. The topological polar surface area (TPSA) is 50.9 Å². The van der Waals surface area contributed by atoms with Crippen LogP contribution in [-0.2, 0) is 6.42 Å². The van der Waals surface area contributed by atoms with Gasteiger partial charge in [0.25, 0.3) is 0 Å². The van der Waals surface area contributed by atoms with E-state index in [0.717, 1.165) is 44.3 Å². The fourth-order valence-corrected chi connectivity index (χ4v) is 2.81. The highest BCUT2D eigenvalue weighted by atomic mass is 32.1. The molecule has 4 heteroatoms. The number of rotatable bonds is 10. The van der Waals surface area contributed by atoms with E-state index in [1.54, 1.807) is 11.3 Å². The van der Waals surface area contributed by atoms with Gasteiger partial charge in [0.15, 0.2) is 0 Å². The molecule has 1 aromatic rings. The van der Waals surface area contributed by atoms with Crippen LogP contribution in [0.15, 0.2) is 10.9 Å². The molecule has 1 aromatic heterocycles. The van der Waals surface area contributed by atoms with Gasteiger partial charge in [-0.15, -0.1) is 11.3 Å². The minimum absolute atomic E-state index is 0.753. The summed E-state index contributed by atoms with van der Waals surface area (Å²) in [5.74, 6) is 1.54. The van der Waals surface area contributed by atoms with Crippen LogP contribution in [0.5, 0.6) is 0 Å². The summed E-state index contributed by atoms with van der Waals surface area (Å²) in [5, 5.41) is 5.62.